The van der Waals surface area contributed by atoms with Crippen molar-refractivity contribution >= 4 is 23.2 Å². The summed E-state index contributed by atoms with van der Waals surface area (Å²) in [5.41, 5.74) is 3.46. The topological polar surface area (TPSA) is 124 Å². The highest BCUT2D eigenvalue weighted by Gasteiger charge is 2.30. The van der Waals surface area contributed by atoms with E-state index in [2.05, 4.69) is 64.6 Å². The number of hydrogen-bond acceptors (Lipinski definition) is 9. The number of phenols is 1. The lowest BCUT2D eigenvalue weighted by Gasteiger charge is -2.33. The Hall–Kier alpha value is -4.21. The summed E-state index contributed by atoms with van der Waals surface area (Å²) in [7, 11) is 3.27. The van der Waals surface area contributed by atoms with Crippen LogP contribution in [0.1, 0.15) is 48.3 Å². The molecule has 192 valence electrons. The fourth-order valence-electron chi connectivity index (χ4n) is 4.47. The summed E-state index contributed by atoms with van der Waals surface area (Å²) >= 11 is 0. The van der Waals surface area contributed by atoms with Crippen LogP contribution < -0.4 is 26.3 Å². The third kappa shape index (κ3) is 4.78. The van der Waals surface area contributed by atoms with Crippen molar-refractivity contribution in [1.29, 1.82) is 0 Å². The van der Waals surface area contributed by atoms with Gasteiger partial charge >= 0.3 is 0 Å². The maximum Gasteiger partial charge on any atom is 0.257 e. The van der Waals surface area contributed by atoms with Gasteiger partial charge in [-0.3, -0.25) is 4.79 Å². The average Bonchev–Trinajstić information content (AvgIpc) is 3.51. The number of phenolic OH excluding ortho intramolecular Hbond substituents is 1. The summed E-state index contributed by atoms with van der Waals surface area (Å²) in [6.07, 6.45) is 0.914. The van der Waals surface area contributed by atoms with Gasteiger partial charge in [-0.2, -0.15) is 0 Å². The molecule has 0 spiro atoms. The average molecular weight is 502 g/mol. The van der Waals surface area contributed by atoms with Crippen LogP contribution in [0.3, 0.4) is 0 Å². The molecule has 0 aliphatic carbocycles. The van der Waals surface area contributed by atoms with Crippen molar-refractivity contribution in [3.63, 3.8) is 0 Å². The highest BCUT2D eigenvalue weighted by Crippen LogP contribution is 2.40. The molecule has 1 amide bonds. The largest absolute Gasteiger partial charge is 0.505 e. The molecule has 2 aliphatic rings. The zero-order valence-corrected chi connectivity index (χ0v) is 21.7. The van der Waals surface area contributed by atoms with Gasteiger partial charge in [0, 0.05) is 20.5 Å². The summed E-state index contributed by atoms with van der Waals surface area (Å²) in [6, 6.07) is 11.1. The van der Waals surface area contributed by atoms with Crippen molar-refractivity contribution in [2.75, 3.05) is 38.0 Å². The van der Waals surface area contributed by atoms with Crippen molar-refractivity contribution in [3.8, 4) is 11.5 Å². The molecule has 1 atom stereocenters. The Balaban J connectivity index is 1.56. The number of carbonyl (C=O) groups excluding carboxylic acids is 1. The molecule has 0 bridgehead atoms. The number of aromatic hydroxyl groups is 1. The molecule has 0 fully saturated rings. The van der Waals surface area contributed by atoms with Crippen molar-refractivity contribution < 1.29 is 14.6 Å². The summed E-state index contributed by atoms with van der Waals surface area (Å²) < 4.78 is 5.82. The number of hydrogen-bond donors (Lipinski definition) is 3. The fraction of sp³-hybridized carbons (Fsp3) is 0.370. The van der Waals surface area contributed by atoms with E-state index in [0.717, 1.165) is 17.7 Å². The fourth-order valence-corrected chi connectivity index (χ4v) is 4.47. The van der Waals surface area contributed by atoms with E-state index in [1.807, 2.05) is 0 Å². The summed E-state index contributed by atoms with van der Waals surface area (Å²) in [6.45, 7) is 7.40. The second kappa shape index (κ2) is 9.34. The van der Waals surface area contributed by atoms with E-state index in [4.69, 9.17) is 9.72 Å². The number of carbonyl (C=O) groups is 1. The van der Waals surface area contributed by atoms with Crippen LogP contribution in [0.5, 0.6) is 11.5 Å². The lowest BCUT2D eigenvalue weighted by molar-refractivity contribution is 0.0824. The van der Waals surface area contributed by atoms with Crippen LogP contribution in [0.4, 0.5) is 17.3 Å². The Kier molecular flexibility index (Phi) is 6.18. The second-order valence-corrected chi connectivity index (χ2v) is 10.5. The summed E-state index contributed by atoms with van der Waals surface area (Å²) in [5.74, 6) is 1.27. The molecule has 0 saturated carbocycles. The van der Waals surface area contributed by atoms with Gasteiger partial charge in [0.05, 0.1) is 23.9 Å². The number of aromatic nitrogens is 2. The minimum Gasteiger partial charge on any atom is -0.505 e. The van der Waals surface area contributed by atoms with Gasteiger partial charge in [0.15, 0.2) is 28.4 Å². The van der Waals surface area contributed by atoms with E-state index in [1.165, 1.54) is 10.5 Å². The monoisotopic (exact) mass is 501 g/mol. The van der Waals surface area contributed by atoms with E-state index in [0.29, 0.717) is 34.9 Å². The van der Waals surface area contributed by atoms with Gasteiger partial charge in [-0.15, -0.1) is 0 Å². The van der Waals surface area contributed by atoms with Gasteiger partial charge in [-0.25, -0.2) is 20.0 Å². The number of nitrogens with one attached hydrogen (secondary N) is 2. The van der Waals surface area contributed by atoms with Gasteiger partial charge in [0.2, 0.25) is 0 Å². The number of para-hydroxylation sites is 1. The number of nitrogens with zero attached hydrogens (tertiary/aromatic N) is 5. The third-order valence-electron chi connectivity index (χ3n) is 6.43. The Morgan fingerprint density at radius 1 is 1.08 bits per heavy atom. The Morgan fingerprint density at radius 2 is 1.81 bits per heavy atom. The molecule has 10 heteroatoms. The molecular formula is C27H31N7O3. The quantitative estimate of drug-likeness (QED) is 0.444. The van der Waals surface area contributed by atoms with E-state index >= 15 is 0 Å². The highest BCUT2D eigenvalue weighted by molar-refractivity contribution is 5.98. The number of fused-ring (bicyclic) bond motifs is 2. The van der Waals surface area contributed by atoms with Crippen LogP contribution in [0.15, 0.2) is 46.4 Å². The van der Waals surface area contributed by atoms with Crippen LogP contribution in [0.25, 0.3) is 0 Å². The van der Waals surface area contributed by atoms with E-state index in [-0.39, 0.29) is 35.3 Å². The number of anilines is 3. The van der Waals surface area contributed by atoms with Gasteiger partial charge in [0.1, 0.15) is 12.4 Å². The number of rotatable bonds is 6. The summed E-state index contributed by atoms with van der Waals surface area (Å²) in [5, 5.41) is 17.6. The van der Waals surface area contributed by atoms with E-state index in [9.17, 15) is 9.90 Å². The van der Waals surface area contributed by atoms with Crippen molar-refractivity contribution in [2.45, 2.75) is 33.2 Å². The first-order chi connectivity index (χ1) is 17.6. The minimum absolute atomic E-state index is 0.150. The Labute approximate surface area is 215 Å². The molecule has 2 aliphatic heterocycles. The predicted octanol–water partition coefficient (Wildman–Crippen LogP) is 2.97. The zero-order valence-electron chi connectivity index (χ0n) is 21.7. The third-order valence-corrected chi connectivity index (χ3v) is 6.43. The van der Waals surface area contributed by atoms with Crippen molar-refractivity contribution in [1.82, 2.24) is 14.9 Å². The Bertz CT molecular complexity index is 1500. The molecular weight excluding hydrogens is 470 g/mol. The molecule has 0 radical (unpaired) electrons. The van der Waals surface area contributed by atoms with E-state index in [1.54, 1.807) is 32.3 Å². The van der Waals surface area contributed by atoms with Gasteiger partial charge in [-0.1, -0.05) is 39.0 Å². The molecule has 3 aromatic rings. The van der Waals surface area contributed by atoms with E-state index < -0.39 is 0 Å². The van der Waals surface area contributed by atoms with Crippen LogP contribution in [-0.4, -0.2) is 53.3 Å². The number of ether oxygens (including phenoxy) is 1. The van der Waals surface area contributed by atoms with Crippen molar-refractivity contribution in [2.24, 2.45) is 15.4 Å². The summed E-state index contributed by atoms with van der Waals surface area (Å²) in [4.78, 5) is 32.0. The van der Waals surface area contributed by atoms with Crippen LogP contribution in [0, 0.1) is 5.41 Å². The SMILES string of the molecule is CN(C)C(=O)c1cccc(Nc2nc3c(nc2N[C@@H](c2ccc4c(c2)OCC4)C(C)(C)C)=NCN=3)c1O. The van der Waals surface area contributed by atoms with Crippen molar-refractivity contribution in [3.05, 3.63) is 64.1 Å². The van der Waals surface area contributed by atoms with Crippen LogP contribution in [-0.2, 0) is 6.42 Å². The predicted molar refractivity (Wildman–Crippen MR) is 140 cm³/mol. The number of benzene rings is 2. The second-order valence-electron chi connectivity index (χ2n) is 10.5. The maximum absolute atomic E-state index is 12.5. The first kappa shape index (κ1) is 24.5. The maximum atomic E-state index is 12.5. The highest BCUT2D eigenvalue weighted by atomic mass is 16.5. The molecule has 1 aromatic heterocycles. The van der Waals surface area contributed by atoms with Gasteiger partial charge < -0.3 is 25.4 Å². The molecule has 10 nitrogen and oxygen atoms in total. The normalized spacial score (nSPS) is 14.5. The van der Waals surface area contributed by atoms with Gasteiger partial charge in [0.25, 0.3) is 5.91 Å². The molecule has 2 aromatic carbocycles. The molecule has 37 heavy (non-hydrogen) atoms. The molecule has 0 saturated heterocycles. The first-order valence-electron chi connectivity index (χ1n) is 12.2. The molecule has 3 N–H and O–H groups in total. The van der Waals surface area contributed by atoms with Crippen LogP contribution in [0.2, 0.25) is 0 Å². The number of amides is 1. The smallest absolute Gasteiger partial charge is 0.257 e. The van der Waals surface area contributed by atoms with Gasteiger partial charge in [-0.05, 0) is 34.7 Å². The first-order valence-corrected chi connectivity index (χ1v) is 12.2. The standard InChI is InChI=1S/C27H31N7O3/c1-27(2,3)21(16-10-9-15-11-12-37-19(15)13-16)31-25-24(32-22-23(33-25)29-14-28-22)30-18-8-6-7-17(20(18)35)26(36)34(4)5/h6-10,13,21,35H,11-12,14H2,1-5H3,(H,28,30,32)(H,29,31,33)/t21-/m0/s1. The lowest BCUT2D eigenvalue weighted by atomic mass is 9.82. The molecule has 0 unspecified atom stereocenters. The van der Waals surface area contributed by atoms with Crippen LogP contribution >= 0.6 is 0 Å². The lowest BCUT2D eigenvalue weighted by Crippen LogP contribution is -2.33. The Morgan fingerprint density at radius 3 is 2.51 bits per heavy atom. The minimum atomic E-state index is -0.306. The molecule has 5 rings (SSSR count). The molecule has 3 heterocycles. The zero-order chi connectivity index (χ0) is 26.3.